The van der Waals surface area contributed by atoms with Crippen LogP contribution in [0.1, 0.15) is 28.8 Å². The van der Waals surface area contributed by atoms with Crippen LogP contribution in [-0.2, 0) is 11.3 Å². The molecule has 5 rings (SSSR count). The van der Waals surface area contributed by atoms with Gasteiger partial charge in [-0.05, 0) is 48.4 Å². The van der Waals surface area contributed by atoms with Crippen molar-refractivity contribution in [1.82, 2.24) is 19.9 Å². The number of aromatic nitrogens is 3. The lowest BCUT2D eigenvalue weighted by Crippen LogP contribution is -2.25. The molecule has 2 amide bonds. The lowest BCUT2D eigenvalue weighted by Gasteiger charge is -2.16. The molecular weight excluding hydrogens is 404 g/mol. The minimum absolute atomic E-state index is 0.146. The number of hydrogen-bond donors (Lipinski definition) is 2. The summed E-state index contributed by atoms with van der Waals surface area (Å²) in [4.78, 5) is 35.0. The number of anilines is 2. The van der Waals surface area contributed by atoms with Crippen LogP contribution in [-0.4, -0.2) is 32.9 Å². The van der Waals surface area contributed by atoms with Crippen LogP contribution in [0, 0.1) is 0 Å². The number of amides is 2. The molecule has 3 heterocycles. The van der Waals surface area contributed by atoms with Gasteiger partial charge in [0.25, 0.3) is 5.91 Å². The average Bonchev–Trinajstić information content (AvgIpc) is 3.44. The highest BCUT2D eigenvalue weighted by atomic mass is 16.2. The molecule has 0 aliphatic carbocycles. The van der Waals surface area contributed by atoms with Gasteiger partial charge in [-0.2, -0.15) is 4.98 Å². The van der Waals surface area contributed by atoms with E-state index in [9.17, 15) is 9.59 Å². The molecule has 0 unspecified atom stereocenters. The minimum atomic E-state index is -0.168. The molecule has 2 aromatic heterocycles. The average molecular weight is 426 g/mol. The van der Waals surface area contributed by atoms with Gasteiger partial charge in [0.15, 0.2) is 0 Å². The quantitative estimate of drug-likeness (QED) is 0.510. The number of carbonyl (C=O) groups excluding carboxylic acids is 2. The second-order valence-electron chi connectivity index (χ2n) is 7.70. The third-order valence-electron chi connectivity index (χ3n) is 5.63. The number of carbonyl (C=O) groups is 2. The number of benzene rings is 2. The molecular formula is C24H22N6O2. The molecule has 0 radical (unpaired) electrons. The molecule has 0 atom stereocenters. The van der Waals surface area contributed by atoms with Crippen LogP contribution in [0.15, 0.2) is 67.0 Å². The van der Waals surface area contributed by atoms with Crippen molar-refractivity contribution in [3.05, 3.63) is 78.1 Å². The zero-order valence-electron chi connectivity index (χ0n) is 17.4. The van der Waals surface area contributed by atoms with Crippen molar-refractivity contribution in [2.75, 3.05) is 17.2 Å². The first-order chi connectivity index (χ1) is 15.6. The zero-order valence-corrected chi connectivity index (χ0v) is 17.4. The molecule has 0 bridgehead atoms. The van der Waals surface area contributed by atoms with E-state index in [1.165, 1.54) is 0 Å². The summed E-state index contributed by atoms with van der Waals surface area (Å²) in [5, 5.41) is 3.82. The van der Waals surface area contributed by atoms with Gasteiger partial charge in [-0.25, -0.2) is 4.98 Å². The summed E-state index contributed by atoms with van der Waals surface area (Å²) in [5.41, 5.74) is 8.97. The van der Waals surface area contributed by atoms with Crippen molar-refractivity contribution in [2.24, 2.45) is 0 Å². The van der Waals surface area contributed by atoms with Crippen molar-refractivity contribution >= 4 is 34.4 Å². The van der Waals surface area contributed by atoms with Gasteiger partial charge in [-0.1, -0.05) is 18.2 Å². The van der Waals surface area contributed by atoms with Crippen molar-refractivity contribution in [2.45, 2.75) is 19.4 Å². The molecule has 0 saturated carbocycles. The second-order valence-corrected chi connectivity index (χ2v) is 7.70. The molecule has 8 heteroatoms. The first kappa shape index (κ1) is 19.7. The van der Waals surface area contributed by atoms with Crippen LogP contribution in [0.5, 0.6) is 0 Å². The Morgan fingerprint density at radius 1 is 1.12 bits per heavy atom. The highest BCUT2D eigenvalue weighted by Crippen LogP contribution is 2.24. The Kier molecular flexibility index (Phi) is 5.03. The fourth-order valence-corrected chi connectivity index (χ4v) is 4.10. The molecule has 160 valence electrons. The number of hydrogen-bond acceptors (Lipinski definition) is 5. The third kappa shape index (κ3) is 3.66. The molecule has 2 aromatic carbocycles. The van der Waals surface area contributed by atoms with Crippen molar-refractivity contribution in [3.63, 3.8) is 0 Å². The monoisotopic (exact) mass is 426 g/mol. The Balaban J connectivity index is 1.36. The smallest absolute Gasteiger partial charge is 0.252 e. The molecule has 1 aliphatic heterocycles. The third-order valence-corrected chi connectivity index (χ3v) is 5.63. The summed E-state index contributed by atoms with van der Waals surface area (Å²) in [7, 11) is 0. The van der Waals surface area contributed by atoms with E-state index in [0.717, 1.165) is 35.1 Å². The standard InChI is InChI=1S/C24H22N6O2/c25-24-26-11-9-21(28-24)30-13-10-18-19(6-2-7-20(18)30)23(32)27-15-16-4-1-5-17(14-16)29-12-3-8-22(29)31/h1-2,4-7,9-11,13-14H,3,8,12,15H2,(H,27,32)(H2,25,26,28). The van der Waals surface area contributed by atoms with E-state index in [1.807, 2.05) is 53.2 Å². The van der Waals surface area contributed by atoms with Gasteiger partial charge < -0.3 is 20.5 Å². The molecule has 8 nitrogen and oxygen atoms in total. The van der Waals surface area contributed by atoms with Crippen LogP contribution in [0.4, 0.5) is 11.6 Å². The fourth-order valence-electron chi connectivity index (χ4n) is 4.10. The van der Waals surface area contributed by atoms with E-state index in [1.54, 1.807) is 23.2 Å². The maximum absolute atomic E-state index is 13.0. The van der Waals surface area contributed by atoms with E-state index >= 15 is 0 Å². The molecule has 0 spiro atoms. The highest BCUT2D eigenvalue weighted by molar-refractivity contribution is 6.06. The Bertz CT molecular complexity index is 1330. The summed E-state index contributed by atoms with van der Waals surface area (Å²) >= 11 is 0. The fraction of sp³-hybridized carbons (Fsp3) is 0.167. The van der Waals surface area contributed by atoms with Crippen LogP contribution >= 0.6 is 0 Å². The van der Waals surface area contributed by atoms with E-state index in [2.05, 4.69) is 15.3 Å². The second kappa shape index (κ2) is 8.14. The number of nitrogen functional groups attached to an aromatic ring is 1. The highest BCUT2D eigenvalue weighted by Gasteiger charge is 2.21. The van der Waals surface area contributed by atoms with Crippen molar-refractivity contribution < 1.29 is 9.59 Å². The predicted octanol–water partition coefficient (Wildman–Crippen LogP) is 3.06. The first-order valence-electron chi connectivity index (χ1n) is 10.5. The summed E-state index contributed by atoms with van der Waals surface area (Å²) < 4.78 is 1.88. The van der Waals surface area contributed by atoms with Gasteiger partial charge in [-0.15, -0.1) is 0 Å². The minimum Gasteiger partial charge on any atom is -0.368 e. The van der Waals surface area contributed by atoms with Crippen molar-refractivity contribution in [1.29, 1.82) is 0 Å². The maximum atomic E-state index is 13.0. The van der Waals surface area contributed by atoms with Crippen LogP contribution in [0.3, 0.4) is 0 Å². The van der Waals surface area contributed by atoms with Crippen LogP contribution < -0.4 is 16.0 Å². The van der Waals surface area contributed by atoms with Gasteiger partial charge >= 0.3 is 0 Å². The van der Waals surface area contributed by atoms with Gasteiger partial charge in [0.1, 0.15) is 5.82 Å². The topological polar surface area (TPSA) is 106 Å². The zero-order chi connectivity index (χ0) is 22.1. The molecule has 1 fully saturated rings. The SMILES string of the molecule is Nc1nccc(-n2ccc3c(C(=O)NCc4cccc(N5CCCC5=O)c4)cccc32)n1. The molecule has 4 aromatic rings. The summed E-state index contributed by atoms with van der Waals surface area (Å²) in [6.45, 7) is 1.11. The molecule has 32 heavy (non-hydrogen) atoms. The summed E-state index contributed by atoms with van der Waals surface area (Å²) in [6, 6.07) is 17.0. The number of rotatable bonds is 5. The van der Waals surface area contributed by atoms with Crippen LogP contribution in [0.25, 0.3) is 16.7 Å². The van der Waals surface area contributed by atoms with Crippen LogP contribution in [0.2, 0.25) is 0 Å². The van der Waals surface area contributed by atoms with Gasteiger partial charge in [0.2, 0.25) is 11.9 Å². The normalized spacial score (nSPS) is 13.6. The van der Waals surface area contributed by atoms with Gasteiger partial charge in [0, 0.05) is 48.5 Å². The van der Waals surface area contributed by atoms with Crippen molar-refractivity contribution in [3.8, 4) is 5.82 Å². The number of fused-ring (bicyclic) bond motifs is 1. The van der Waals surface area contributed by atoms with E-state index in [-0.39, 0.29) is 17.8 Å². The summed E-state index contributed by atoms with van der Waals surface area (Å²) in [6.07, 6.45) is 4.93. The molecule has 1 saturated heterocycles. The van der Waals surface area contributed by atoms with E-state index in [0.29, 0.717) is 24.3 Å². The Morgan fingerprint density at radius 3 is 2.81 bits per heavy atom. The first-order valence-corrected chi connectivity index (χ1v) is 10.5. The predicted molar refractivity (Wildman–Crippen MR) is 122 cm³/mol. The largest absolute Gasteiger partial charge is 0.368 e. The number of nitrogens with one attached hydrogen (secondary N) is 1. The van der Waals surface area contributed by atoms with E-state index < -0.39 is 0 Å². The number of nitrogens with two attached hydrogens (primary N) is 1. The lowest BCUT2D eigenvalue weighted by atomic mass is 10.1. The van der Waals surface area contributed by atoms with Gasteiger partial charge in [0.05, 0.1) is 5.52 Å². The summed E-state index contributed by atoms with van der Waals surface area (Å²) in [5.74, 6) is 0.806. The maximum Gasteiger partial charge on any atom is 0.252 e. The lowest BCUT2D eigenvalue weighted by molar-refractivity contribution is -0.117. The Morgan fingerprint density at radius 2 is 2.00 bits per heavy atom. The molecule has 1 aliphatic rings. The van der Waals surface area contributed by atoms with E-state index in [4.69, 9.17) is 5.73 Å². The Hall–Kier alpha value is -4.20. The Labute approximate surface area is 184 Å². The number of nitrogens with zero attached hydrogens (tertiary/aromatic N) is 4. The van der Waals surface area contributed by atoms with Gasteiger partial charge in [-0.3, -0.25) is 9.59 Å². The molecule has 3 N–H and O–H groups in total.